The number of aromatic nitrogens is 1. The molecule has 0 radical (unpaired) electrons. The van der Waals surface area contributed by atoms with E-state index < -0.39 is 0 Å². The van der Waals surface area contributed by atoms with Crippen LogP contribution in [0.2, 0.25) is 0 Å². The maximum atomic E-state index is 6.19. The summed E-state index contributed by atoms with van der Waals surface area (Å²) in [5, 5.41) is 4.28. The lowest BCUT2D eigenvalue weighted by molar-refractivity contribution is 1.41. The van der Waals surface area contributed by atoms with Gasteiger partial charge in [0.05, 0.1) is 16.9 Å². The Hall–Kier alpha value is -2.07. The molecular weight excluding hydrogens is 302 g/mol. The van der Waals surface area contributed by atoms with Crippen LogP contribution < -0.4 is 11.1 Å². The van der Waals surface area contributed by atoms with Gasteiger partial charge in [0.1, 0.15) is 0 Å². The van der Waals surface area contributed by atoms with Crippen molar-refractivity contribution in [3.63, 3.8) is 0 Å². The summed E-state index contributed by atoms with van der Waals surface area (Å²) in [7, 11) is 0. The number of anilines is 3. The average Bonchev–Trinajstić information content (AvgIpc) is 2.42. The third-order valence-corrected chi connectivity index (χ3v) is 3.42. The van der Waals surface area contributed by atoms with Crippen LogP contribution in [0.25, 0.3) is 10.9 Å². The van der Waals surface area contributed by atoms with Crippen molar-refractivity contribution in [2.45, 2.75) is 0 Å². The summed E-state index contributed by atoms with van der Waals surface area (Å²) in [6, 6.07) is 15.7. The van der Waals surface area contributed by atoms with Crippen molar-refractivity contribution < 1.29 is 0 Å². The molecule has 3 N–H and O–H groups in total. The Morgan fingerprint density at radius 1 is 1.05 bits per heavy atom. The molecule has 94 valence electrons. The van der Waals surface area contributed by atoms with Crippen LogP contribution in [0.3, 0.4) is 0 Å². The molecule has 0 saturated heterocycles. The van der Waals surface area contributed by atoms with Crippen LogP contribution in [0.15, 0.2) is 59.2 Å². The van der Waals surface area contributed by atoms with Gasteiger partial charge in [0.2, 0.25) is 0 Å². The van der Waals surface area contributed by atoms with E-state index in [-0.39, 0.29) is 0 Å². The van der Waals surface area contributed by atoms with Crippen LogP contribution in [0.5, 0.6) is 0 Å². The van der Waals surface area contributed by atoms with Crippen LogP contribution in [0.4, 0.5) is 17.1 Å². The van der Waals surface area contributed by atoms with Crippen LogP contribution in [-0.4, -0.2) is 4.98 Å². The Balaban J connectivity index is 2.04. The number of nitrogens with zero attached hydrogens (tertiary/aromatic N) is 1. The summed E-state index contributed by atoms with van der Waals surface area (Å²) in [5.74, 6) is 0. The summed E-state index contributed by atoms with van der Waals surface area (Å²) in [6.45, 7) is 0. The molecule has 0 aliphatic carbocycles. The number of halogens is 1. The molecule has 0 unspecified atom stereocenters. The van der Waals surface area contributed by atoms with Gasteiger partial charge in [0.25, 0.3) is 0 Å². The molecule has 0 atom stereocenters. The van der Waals surface area contributed by atoms with Gasteiger partial charge in [0.15, 0.2) is 0 Å². The molecular formula is C15H12BrN3. The van der Waals surface area contributed by atoms with E-state index in [9.17, 15) is 0 Å². The van der Waals surface area contributed by atoms with E-state index in [0.717, 1.165) is 26.8 Å². The minimum absolute atomic E-state index is 0.713. The molecule has 1 heterocycles. The smallest absolute Gasteiger partial charge is 0.0724 e. The van der Waals surface area contributed by atoms with Crippen LogP contribution in [-0.2, 0) is 0 Å². The van der Waals surface area contributed by atoms with Crippen molar-refractivity contribution in [2.24, 2.45) is 0 Å². The average molecular weight is 314 g/mol. The highest BCUT2D eigenvalue weighted by atomic mass is 79.9. The molecule has 3 nitrogen and oxygen atoms in total. The molecule has 0 bridgehead atoms. The van der Waals surface area contributed by atoms with Crippen molar-refractivity contribution in [1.82, 2.24) is 4.98 Å². The number of nitrogens with one attached hydrogen (secondary N) is 1. The number of hydrogen-bond acceptors (Lipinski definition) is 3. The standard InChI is InChI=1S/C15H12BrN3/c16-10-3-1-4-11(9-10)19-14-7-6-13-12(15(14)17)5-2-8-18-13/h1-9,19H,17H2. The first-order chi connectivity index (χ1) is 9.24. The van der Waals surface area contributed by atoms with Crippen molar-refractivity contribution in [1.29, 1.82) is 0 Å². The van der Waals surface area contributed by atoms with Gasteiger partial charge in [0, 0.05) is 21.7 Å². The van der Waals surface area contributed by atoms with Crippen LogP contribution in [0.1, 0.15) is 0 Å². The van der Waals surface area contributed by atoms with E-state index in [2.05, 4.69) is 26.2 Å². The highest BCUT2D eigenvalue weighted by molar-refractivity contribution is 9.10. The predicted octanol–water partition coefficient (Wildman–Crippen LogP) is 4.32. The summed E-state index contributed by atoms with van der Waals surface area (Å²) < 4.78 is 1.03. The van der Waals surface area contributed by atoms with Gasteiger partial charge >= 0.3 is 0 Å². The summed E-state index contributed by atoms with van der Waals surface area (Å²) in [4.78, 5) is 4.29. The summed E-state index contributed by atoms with van der Waals surface area (Å²) in [5.41, 5.74) is 9.68. The fourth-order valence-corrected chi connectivity index (χ4v) is 2.41. The van der Waals surface area contributed by atoms with Crippen LogP contribution in [0, 0.1) is 0 Å². The third kappa shape index (κ3) is 2.39. The van der Waals surface area contributed by atoms with Crippen molar-refractivity contribution in [3.8, 4) is 0 Å². The number of hydrogen-bond donors (Lipinski definition) is 2. The molecule has 4 heteroatoms. The summed E-state index contributed by atoms with van der Waals surface area (Å²) >= 11 is 3.45. The number of fused-ring (bicyclic) bond motifs is 1. The SMILES string of the molecule is Nc1c(Nc2cccc(Br)c2)ccc2ncccc12. The second kappa shape index (κ2) is 4.90. The van der Waals surface area contributed by atoms with Gasteiger partial charge in [-0.2, -0.15) is 0 Å². The first-order valence-electron chi connectivity index (χ1n) is 5.90. The maximum absolute atomic E-state index is 6.19. The lowest BCUT2D eigenvalue weighted by Gasteiger charge is -2.11. The first-order valence-corrected chi connectivity index (χ1v) is 6.69. The van der Waals surface area contributed by atoms with Crippen molar-refractivity contribution in [3.05, 3.63) is 59.2 Å². The Bertz CT molecular complexity index is 740. The van der Waals surface area contributed by atoms with E-state index >= 15 is 0 Å². The molecule has 0 amide bonds. The molecule has 2 aromatic carbocycles. The van der Waals surface area contributed by atoms with Gasteiger partial charge < -0.3 is 11.1 Å². The lowest BCUT2D eigenvalue weighted by Crippen LogP contribution is -1.97. The zero-order valence-corrected chi connectivity index (χ0v) is 11.7. The van der Waals surface area contributed by atoms with Gasteiger partial charge in [-0.3, -0.25) is 4.98 Å². The fourth-order valence-electron chi connectivity index (χ4n) is 2.01. The molecule has 3 aromatic rings. The Kier molecular flexibility index (Phi) is 3.09. The quantitative estimate of drug-likeness (QED) is 0.693. The zero-order valence-electron chi connectivity index (χ0n) is 10.1. The van der Waals surface area contributed by atoms with Crippen molar-refractivity contribution >= 4 is 43.9 Å². The lowest BCUT2D eigenvalue weighted by atomic mass is 10.1. The monoisotopic (exact) mass is 313 g/mol. The van der Waals surface area contributed by atoms with Gasteiger partial charge in [-0.05, 0) is 42.5 Å². The second-order valence-corrected chi connectivity index (χ2v) is 5.15. The topological polar surface area (TPSA) is 50.9 Å². The maximum Gasteiger partial charge on any atom is 0.0724 e. The molecule has 1 aromatic heterocycles. The zero-order chi connectivity index (χ0) is 13.2. The molecule has 0 aliphatic heterocycles. The van der Waals surface area contributed by atoms with E-state index in [1.807, 2.05) is 48.5 Å². The molecule has 3 rings (SSSR count). The number of rotatable bonds is 2. The Morgan fingerprint density at radius 2 is 1.95 bits per heavy atom. The first kappa shape index (κ1) is 12.0. The Labute approximate surface area is 119 Å². The third-order valence-electron chi connectivity index (χ3n) is 2.93. The second-order valence-electron chi connectivity index (χ2n) is 4.23. The number of nitrogens with two attached hydrogens (primary N) is 1. The number of benzene rings is 2. The van der Waals surface area contributed by atoms with Gasteiger partial charge in [-0.25, -0.2) is 0 Å². The largest absolute Gasteiger partial charge is 0.396 e. The molecule has 0 saturated carbocycles. The highest BCUT2D eigenvalue weighted by Crippen LogP contribution is 2.30. The Morgan fingerprint density at radius 3 is 2.79 bits per heavy atom. The van der Waals surface area contributed by atoms with Gasteiger partial charge in [-0.15, -0.1) is 0 Å². The normalized spacial score (nSPS) is 10.6. The summed E-state index contributed by atoms with van der Waals surface area (Å²) in [6.07, 6.45) is 1.77. The van der Waals surface area contributed by atoms with E-state index in [4.69, 9.17) is 5.73 Å². The van der Waals surface area contributed by atoms with Gasteiger partial charge in [-0.1, -0.05) is 22.0 Å². The molecule has 0 spiro atoms. The molecule has 19 heavy (non-hydrogen) atoms. The number of pyridine rings is 1. The number of nitrogen functional groups attached to an aromatic ring is 1. The van der Waals surface area contributed by atoms with Crippen molar-refractivity contribution in [2.75, 3.05) is 11.1 Å². The van der Waals surface area contributed by atoms with E-state index in [1.54, 1.807) is 6.20 Å². The van der Waals surface area contributed by atoms with E-state index in [0.29, 0.717) is 5.69 Å². The molecule has 0 aliphatic rings. The molecule has 0 fully saturated rings. The van der Waals surface area contributed by atoms with Crippen LogP contribution >= 0.6 is 15.9 Å². The highest BCUT2D eigenvalue weighted by Gasteiger charge is 2.05. The predicted molar refractivity (Wildman–Crippen MR) is 83.6 cm³/mol. The fraction of sp³-hybridized carbons (Fsp3) is 0. The van der Waals surface area contributed by atoms with E-state index in [1.165, 1.54) is 0 Å². The minimum Gasteiger partial charge on any atom is -0.396 e. The minimum atomic E-state index is 0.713.